The maximum absolute atomic E-state index is 6.35. The fourth-order valence-corrected chi connectivity index (χ4v) is 7.13. The number of fused-ring (bicyclic) bond motifs is 8. The third kappa shape index (κ3) is 4.13. The average Bonchev–Trinajstić information content (AvgIpc) is 3.82. The Morgan fingerprint density at radius 2 is 0.938 bits per heavy atom. The average molecular weight is 617 g/mol. The Bertz CT molecular complexity index is 2820. The van der Waals surface area contributed by atoms with Crippen LogP contribution in [0.5, 0.6) is 0 Å². The number of para-hydroxylation sites is 1. The predicted octanol–water partition coefficient (Wildman–Crippen LogP) is 12.0. The van der Waals surface area contributed by atoms with Crippen molar-refractivity contribution in [2.24, 2.45) is 7.05 Å². The molecule has 10 rings (SSSR count). The maximum Gasteiger partial charge on any atom is 0.178 e. The molecular weight excluding hydrogens is 588 g/mol. The first kappa shape index (κ1) is 26.8. The van der Waals surface area contributed by atoms with E-state index in [1.54, 1.807) is 0 Å². The van der Waals surface area contributed by atoms with Crippen molar-refractivity contribution < 1.29 is 8.83 Å². The quantitative estimate of drug-likeness (QED) is 0.198. The molecule has 3 aromatic heterocycles. The van der Waals surface area contributed by atoms with Crippen LogP contribution in [0.15, 0.2) is 160 Å². The SMILES string of the molecule is Cn1c(-c2ccccc2)nc2cc(-c3ccc(-c4ccc(-c5ccc6oc7c(ccc8c9ccccc9oc87)c6c5)cc4)cc3)ccc21. The molecule has 0 unspecified atom stereocenters. The fourth-order valence-electron chi connectivity index (χ4n) is 7.13. The first-order valence-corrected chi connectivity index (χ1v) is 16.2. The summed E-state index contributed by atoms with van der Waals surface area (Å²) in [6, 6.07) is 53.3. The molecule has 0 aliphatic heterocycles. The van der Waals surface area contributed by atoms with E-state index in [0.29, 0.717) is 0 Å². The van der Waals surface area contributed by atoms with E-state index in [2.05, 4.69) is 139 Å². The van der Waals surface area contributed by atoms with Gasteiger partial charge in [0.05, 0.1) is 11.0 Å². The summed E-state index contributed by atoms with van der Waals surface area (Å²) in [6.45, 7) is 0. The van der Waals surface area contributed by atoms with Gasteiger partial charge < -0.3 is 13.4 Å². The van der Waals surface area contributed by atoms with Crippen LogP contribution >= 0.6 is 0 Å². The van der Waals surface area contributed by atoms with Gasteiger partial charge in [0.25, 0.3) is 0 Å². The van der Waals surface area contributed by atoms with Gasteiger partial charge in [0.15, 0.2) is 11.2 Å². The van der Waals surface area contributed by atoms with Gasteiger partial charge in [0.1, 0.15) is 17.0 Å². The minimum absolute atomic E-state index is 0.798. The first-order valence-electron chi connectivity index (χ1n) is 16.2. The lowest BCUT2D eigenvalue weighted by molar-refractivity contribution is 0.633. The zero-order chi connectivity index (χ0) is 31.8. The highest BCUT2D eigenvalue weighted by Crippen LogP contribution is 2.40. The number of rotatable bonds is 4. The van der Waals surface area contributed by atoms with E-state index >= 15 is 0 Å². The Morgan fingerprint density at radius 3 is 1.62 bits per heavy atom. The molecule has 0 saturated carbocycles. The second kappa shape index (κ2) is 10.3. The van der Waals surface area contributed by atoms with Crippen molar-refractivity contribution in [3.8, 4) is 44.8 Å². The summed E-state index contributed by atoms with van der Waals surface area (Å²) in [4.78, 5) is 4.97. The van der Waals surface area contributed by atoms with Crippen molar-refractivity contribution in [2.75, 3.05) is 0 Å². The molecule has 4 nitrogen and oxygen atoms in total. The van der Waals surface area contributed by atoms with Crippen molar-refractivity contribution in [1.29, 1.82) is 0 Å². The van der Waals surface area contributed by atoms with Gasteiger partial charge in [-0.1, -0.05) is 109 Å². The fraction of sp³-hybridized carbons (Fsp3) is 0.0227. The van der Waals surface area contributed by atoms with Gasteiger partial charge in [-0.3, -0.25) is 0 Å². The molecule has 0 bridgehead atoms. The van der Waals surface area contributed by atoms with Crippen molar-refractivity contribution >= 4 is 54.9 Å². The monoisotopic (exact) mass is 616 g/mol. The van der Waals surface area contributed by atoms with Crippen molar-refractivity contribution in [2.45, 2.75) is 0 Å². The molecule has 10 aromatic rings. The maximum atomic E-state index is 6.35. The first-order chi connectivity index (χ1) is 23.7. The Hall–Kier alpha value is -6.39. The molecule has 0 N–H and O–H groups in total. The summed E-state index contributed by atoms with van der Waals surface area (Å²) in [5.74, 6) is 0.976. The molecule has 7 aromatic carbocycles. The van der Waals surface area contributed by atoms with Gasteiger partial charge >= 0.3 is 0 Å². The molecule has 48 heavy (non-hydrogen) atoms. The van der Waals surface area contributed by atoms with E-state index in [0.717, 1.165) is 83.0 Å². The molecule has 4 heteroatoms. The van der Waals surface area contributed by atoms with Crippen LogP contribution in [0.2, 0.25) is 0 Å². The molecule has 0 saturated heterocycles. The van der Waals surface area contributed by atoms with E-state index in [4.69, 9.17) is 13.8 Å². The molecule has 0 atom stereocenters. The van der Waals surface area contributed by atoms with Crippen molar-refractivity contribution in [3.05, 3.63) is 152 Å². The van der Waals surface area contributed by atoms with Crippen LogP contribution in [0.4, 0.5) is 0 Å². The molecular formula is C44H28N2O2. The number of imidazole rings is 1. The van der Waals surface area contributed by atoms with Crippen molar-refractivity contribution in [3.63, 3.8) is 0 Å². The lowest BCUT2D eigenvalue weighted by Crippen LogP contribution is -1.91. The number of furan rings is 2. The lowest BCUT2D eigenvalue weighted by atomic mass is 9.97. The highest BCUT2D eigenvalue weighted by atomic mass is 16.4. The second-order valence-corrected chi connectivity index (χ2v) is 12.4. The van der Waals surface area contributed by atoms with Gasteiger partial charge in [-0.05, 0) is 75.8 Å². The topological polar surface area (TPSA) is 44.1 Å². The molecule has 0 radical (unpaired) electrons. The summed E-state index contributed by atoms with van der Waals surface area (Å²) in [6.07, 6.45) is 0. The number of hydrogen-bond acceptors (Lipinski definition) is 3. The van der Waals surface area contributed by atoms with Crippen molar-refractivity contribution in [1.82, 2.24) is 9.55 Å². The zero-order valence-corrected chi connectivity index (χ0v) is 26.1. The summed E-state index contributed by atoms with van der Waals surface area (Å²) in [5, 5.41) is 4.33. The van der Waals surface area contributed by atoms with Crippen LogP contribution in [-0.4, -0.2) is 9.55 Å². The molecule has 0 fully saturated rings. The van der Waals surface area contributed by atoms with Gasteiger partial charge in [-0.25, -0.2) is 4.98 Å². The van der Waals surface area contributed by atoms with Crippen LogP contribution in [0.3, 0.4) is 0 Å². The zero-order valence-electron chi connectivity index (χ0n) is 26.1. The van der Waals surface area contributed by atoms with Gasteiger partial charge in [0.2, 0.25) is 0 Å². The van der Waals surface area contributed by atoms with E-state index in [9.17, 15) is 0 Å². The molecule has 226 valence electrons. The summed E-state index contributed by atoms with van der Waals surface area (Å²) in [7, 11) is 2.08. The van der Waals surface area contributed by atoms with Crippen LogP contribution < -0.4 is 0 Å². The van der Waals surface area contributed by atoms with Gasteiger partial charge in [-0.15, -0.1) is 0 Å². The number of aryl methyl sites for hydroxylation is 1. The second-order valence-electron chi connectivity index (χ2n) is 12.4. The Balaban J connectivity index is 0.939. The van der Waals surface area contributed by atoms with Gasteiger partial charge in [-0.2, -0.15) is 0 Å². The Kier molecular flexibility index (Phi) is 5.75. The van der Waals surface area contributed by atoms with Gasteiger partial charge in [0, 0.05) is 34.2 Å². The standard InChI is InChI=1S/C44H28N2O2/c1-46-39-23-19-33(26-38(39)45-44(46)31-7-3-2-4-8-31)30-17-13-28(14-18-30)27-11-15-29(16-12-27)32-20-24-41-37(25-32)36-22-21-35-34-9-5-6-10-40(34)47-42(35)43(36)48-41/h2-26H,1H3. The number of nitrogens with zero attached hydrogens (tertiary/aromatic N) is 2. The normalized spacial score (nSPS) is 11.9. The Labute approximate surface area is 276 Å². The third-order valence-corrected chi connectivity index (χ3v) is 9.67. The number of aromatic nitrogens is 2. The smallest absolute Gasteiger partial charge is 0.178 e. The van der Waals surface area contributed by atoms with E-state index < -0.39 is 0 Å². The van der Waals surface area contributed by atoms with E-state index in [-0.39, 0.29) is 0 Å². The summed E-state index contributed by atoms with van der Waals surface area (Å²) >= 11 is 0. The highest BCUT2D eigenvalue weighted by Gasteiger charge is 2.16. The number of hydrogen-bond donors (Lipinski definition) is 0. The Morgan fingerprint density at radius 1 is 0.417 bits per heavy atom. The lowest BCUT2D eigenvalue weighted by Gasteiger charge is -2.07. The molecule has 3 heterocycles. The van der Waals surface area contributed by atoms with Crippen LogP contribution in [0, 0.1) is 0 Å². The van der Waals surface area contributed by atoms with E-state index in [1.807, 2.05) is 24.3 Å². The van der Waals surface area contributed by atoms with Crippen LogP contribution in [0.1, 0.15) is 0 Å². The van der Waals surface area contributed by atoms with Crippen LogP contribution in [-0.2, 0) is 7.05 Å². The molecule has 0 aliphatic carbocycles. The third-order valence-electron chi connectivity index (χ3n) is 9.67. The van der Waals surface area contributed by atoms with Crippen LogP contribution in [0.25, 0.3) is 99.7 Å². The predicted molar refractivity (Wildman–Crippen MR) is 197 cm³/mol. The molecule has 0 spiro atoms. The minimum Gasteiger partial charge on any atom is -0.452 e. The number of benzene rings is 7. The minimum atomic E-state index is 0.798. The largest absolute Gasteiger partial charge is 0.452 e. The molecule has 0 aliphatic rings. The highest BCUT2D eigenvalue weighted by molar-refractivity contribution is 6.19. The summed E-state index contributed by atoms with van der Waals surface area (Å²) < 4.78 is 14.8. The van der Waals surface area contributed by atoms with E-state index in [1.165, 1.54) is 16.7 Å². The summed E-state index contributed by atoms with van der Waals surface area (Å²) in [5.41, 5.74) is 13.6. The molecule has 0 amide bonds.